The van der Waals surface area contributed by atoms with Crippen molar-refractivity contribution >= 4 is 17.4 Å². The van der Waals surface area contributed by atoms with E-state index in [0.29, 0.717) is 22.5 Å². The monoisotopic (exact) mass is 424 g/mol. The Morgan fingerprint density at radius 2 is 1.77 bits per heavy atom. The van der Waals surface area contributed by atoms with Gasteiger partial charge < -0.3 is 4.57 Å². The van der Waals surface area contributed by atoms with E-state index in [1.54, 1.807) is 17.2 Å². The fraction of sp³-hybridized carbons (Fsp3) is 0.300. The minimum atomic E-state index is 0.181. The highest BCUT2D eigenvalue weighted by Gasteiger charge is 2.23. The van der Waals surface area contributed by atoms with Gasteiger partial charge in [0, 0.05) is 6.04 Å². The molecule has 0 aliphatic carbocycles. The molecule has 0 fully saturated rings. The first-order valence-electron chi connectivity index (χ1n) is 9.70. The van der Waals surface area contributed by atoms with Crippen molar-refractivity contribution in [3.8, 4) is 23.0 Å². The maximum Gasteiger partial charge on any atom is 0.330 e. The molecular weight excluding hydrogens is 402 g/mol. The van der Waals surface area contributed by atoms with Crippen molar-refractivity contribution in [3.05, 3.63) is 54.2 Å². The smallest absolute Gasteiger partial charge is 0.310 e. The lowest BCUT2D eigenvalue weighted by Crippen LogP contribution is -2.37. The largest absolute Gasteiger partial charge is 0.330 e. The standard InChI is InChI=1S/C20H23ClN9/c1-13(2)28-11-22-25-19(28)15-8-6-10-18(24-15)26-30-12-29(14(3)4)20(27-30)16-7-5-9-17(21)23-16/h5-14H,1-4H3,(H,24,26)/q+1. The van der Waals surface area contributed by atoms with Crippen LogP contribution in [0, 0.1) is 0 Å². The molecule has 0 saturated heterocycles. The number of anilines is 1. The summed E-state index contributed by atoms with van der Waals surface area (Å²) in [5, 5.41) is 13.3. The van der Waals surface area contributed by atoms with Gasteiger partial charge in [0.1, 0.15) is 22.9 Å². The van der Waals surface area contributed by atoms with E-state index >= 15 is 0 Å². The van der Waals surface area contributed by atoms with Gasteiger partial charge in [-0.25, -0.2) is 14.5 Å². The van der Waals surface area contributed by atoms with Crippen molar-refractivity contribution < 1.29 is 4.57 Å². The first kappa shape index (κ1) is 20.0. The van der Waals surface area contributed by atoms with Crippen LogP contribution < -0.4 is 9.99 Å². The highest BCUT2D eigenvalue weighted by molar-refractivity contribution is 6.29. The van der Waals surface area contributed by atoms with E-state index in [0.717, 1.165) is 11.5 Å². The lowest BCUT2D eigenvalue weighted by molar-refractivity contribution is -0.706. The molecule has 10 heteroatoms. The van der Waals surface area contributed by atoms with Crippen LogP contribution >= 0.6 is 11.6 Å². The molecule has 0 aromatic carbocycles. The summed E-state index contributed by atoms with van der Waals surface area (Å²) >= 11 is 6.07. The predicted octanol–water partition coefficient (Wildman–Crippen LogP) is 3.58. The molecule has 4 aromatic rings. The number of rotatable bonds is 6. The first-order chi connectivity index (χ1) is 14.4. The molecule has 0 atom stereocenters. The lowest BCUT2D eigenvalue weighted by Gasteiger charge is -2.09. The van der Waals surface area contributed by atoms with Gasteiger partial charge in [0.15, 0.2) is 11.6 Å². The van der Waals surface area contributed by atoms with Crippen LogP contribution in [-0.4, -0.2) is 34.6 Å². The van der Waals surface area contributed by atoms with Gasteiger partial charge in [-0.15, -0.1) is 10.2 Å². The molecule has 0 aliphatic rings. The third-order valence-electron chi connectivity index (χ3n) is 4.52. The van der Waals surface area contributed by atoms with Gasteiger partial charge in [0.2, 0.25) is 0 Å². The number of nitrogens with zero attached hydrogens (tertiary/aromatic N) is 8. The van der Waals surface area contributed by atoms with E-state index in [4.69, 9.17) is 11.6 Å². The molecule has 0 amide bonds. The summed E-state index contributed by atoms with van der Waals surface area (Å²) < 4.78 is 4.00. The van der Waals surface area contributed by atoms with Crippen molar-refractivity contribution in [1.82, 2.24) is 34.6 Å². The topological polar surface area (TPSA) is 90.2 Å². The summed E-state index contributed by atoms with van der Waals surface area (Å²) in [5.74, 6) is 2.06. The average Bonchev–Trinajstić information content (AvgIpc) is 3.36. The van der Waals surface area contributed by atoms with Crippen LogP contribution in [-0.2, 0) is 0 Å². The van der Waals surface area contributed by atoms with Gasteiger partial charge in [0.25, 0.3) is 6.33 Å². The van der Waals surface area contributed by atoms with Crippen molar-refractivity contribution in [3.63, 3.8) is 0 Å². The Morgan fingerprint density at radius 1 is 1.00 bits per heavy atom. The van der Waals surface area contributed by atoms with Crippen LogP contribution in [0.1, 0.15) is 39.8 Å². The van der Waals surface area contributed by atoms with Gasteiger partial charge in [-0.05, 0) is 56.8 Å². The summed E-state index contributed by atoms with van der Waals surface area (Å²) in [6.07, 6.45) is 3.58. The Morgan fingerprint density at radius 3 is 2.50 bits per heavy atom. The molecule has 1 N–H and O–H groups in total. The van der Waals surface area contributed by atoms with Gasteiger partial charge in [-0.2, -0.15) is 5.43 Å². The van der Waals surface area contributed by atoms with Gasteiger partial charge in [-0.3, -0.25) is 0 Å². The van der Waals surface area contributed by atoms with E-state index in [2.05, 4.69) is 58.4 Å². The van der Waals surface area contributed by atoms with Crippen LogP contribution in [0.3, 0.4) is 0 Å². The van der Waals surface area contributed by atoms with Crippen molar-refractivity contribution in [2.45, 2.75) is 39.8 Å². The first-order valence-corrected chi connectivity index (χ1v) is 10.1. The van der Waals surface area contributed by atoms with E-state index < -0.39 is 0 Å². The van der Waals surface area contributed by atoms with Crippen molar-refractivity contribution in [2.24, 2.45) is 0 Å². The van der Waals surface area contributed by atoms with Crippen LogP contribution in [0.25, 0.3) is 23.0 Å². The molecular formula is C20H23ClN9+. The lowest BCUT2D eigenvalue weighted by atomic mass is 10.3. The Hall–Kier alpha value is -3.33. The molecule has 0 aliphatic heterocycles. The third kappa shape index (κ3) is 4.02. The maximum atomic E-state index is 6.07. The molecule has 4 aromatic heterocycles. The molecule has 0 unspecified atom stereocenters. The molecule has 30 heavy (non-hydrogen) atoms. The number of hydrogen-bond acceptors (Lipinski definition) is 6. The normalized spacial score (nSPS) is 11.4. The van der Waals surface area contributed by atoms with Crippen molar-refractivity contribution in [1.29, 1.82) is 0 Å². The Labute approximate surface area is 179 Å². The van der Waals surface area contributed by atoms with E-state index in [1.165, 1.54) is 0 Å². The minimum absolute atomic E-state index is 0.181. The summed E-state index contributed by atoms with van der Waals surface area (Å²) in [6.45, 7) is 8.32. The molecule has 4 rings (SSSR count). The number of hydrogen-bond donors (Lipinski definition) is 1. The van der Waals surface area contributed by atoms with Crippen LogP contribution in [0.5, 0.6) is 0 Å². The Kier molecular flexibility index (Phi) is 5.45. The minimum Gasteiger partial charge on any atom is -0.310 e. The third-order valence-corrected chi connectivity index (χ3v) is 4.73. The summed E-state index contributed by atoms with van der Waals surface area (Å²) in [6, 6.07) is 11.6. The van der Waals surface area contributed by atoms with E-state index in [-0.39, 0.29) is 12.1 Å². The number of halogens is 1. The zero-order chi connectivity index (χ0) is 21.3. The molecule has 0 saturated carbocycles. The van der Waals surface area contributed by atoms with Crippen LogP contribution in [0.15, 0.2) is 49.1 Å². The second-order valence-electron chi connectivity index (χ2n) is 7.41. The number of pyridine rings is 2. The number of aromatic nitrogens is 8. The van der Waals surface area contributed by atoms with Gasteiger partial charge >= 0.3 is 5.82 Å². The summed E-state index contributed by atoms with van der Waals surface area (Å²) in [4.78, 5) is 10.7. The highest BCUT2D eigenvalue weighted by Crippen LogP contribution is 2.20. The fourth-order valence-electron chi connectivity index (χ4n) is 3.04. The molecule has 0 radical (unpaired) electrons. The van der Waals surface area contributed by atoms with Crippen molar-refractivity contribution in [2.75, 3.05) is 5.43 Å². The number of nitrogens with one attached hydrogen (secondary N) is 1. The quantitative estimate of drug-likeness (QED) is 0.376. The second kappa shape index (κ2) is 8.19. The Balaban J connectivity index is 1.67. The SMILES string of the molecule is CC(C)n1cnnc1-c1cccc(Nn2c[n+](C(C)C)c(-c3cccc(Cl)n3)n2)n1. The predicted molar refractivity (Wildman–Crippen MR) is 114 cm³/mol. The summed E-state index contributed by atoms with van der Waals surface area (Å²) in [7, 11) is 0. The molecule has 0 bridgehead atoms. The van der Waals surface area contributed by atoms with Crippen LogP contribution in [0.4, 0.5) is 5.82 Å². The van der Waals surface area contributed by atoms with Gasteiger partial charge in [-0.1, -0.05) is 23.7 Å². The molecule has 9 nitrogen and oxygen atoms in total. The van der Waals surface area contributed by atoms with Crippen LogP contribution in [0.2, 0.25) is 5.15 Å². The molecule has 0 spiro atoms. The average molecular weight is 425 g/mol. The Bertz CT molecular complexity index is 1160. The van der Waals surface area contributed by atoms with E-state index in [1.807, 2.05) is 45.8 Å². The van der Waals surface area contributed by atoms with Gasteiger partial charge in [0.05, 0.1) is 11.1 Å². The van der Waals surface area contributed by atoms with E-state index in [9.17, 15) is 0 Å². The summed E-state index contributed by atoms with van der Waals surface area (Å²) in [5.41, 5.74) is 4.64. The zero-order valence-corrected chi connectivity index (χ0v) is 18.0. The maximum absolute atomic E-state index is 6.07. The highest BCUT2D eigenvalue weighted by atomic mass is 35.5. The fourth-order valence-corrected chi connectivity index (χ4v) is 3.21. The molecule has 4 heterocycles. The second-order valence-corrected chi connectivity index (χ2v) is 7.79. The zero-order valence-electron chi connectivity index (χ0n) is 17.2. The molecule has 154 valence electrons.